The van der Waals surface area contributed by atoms with E-state index in [0.29, 0.717) is 12.4 Å². The van der Waals surface area contributed by atoms with Crippen LogP contribution in [0.15, 0.2) is 35.9 Å². The Kier molecular flexibility index (Phi) is 5.20. The molecule has 0 amide bonds. The van der Waals surface area contributed by atoms with E-state index in [4.69, 9.17) is 4.74 Å². The first kappa shape index (κ1) is 13.2. The topological polar surface area (TPSA) is 52.4 Å². The zero-order valence-corrected chi connectivity index (χ0v) is 10.2. The Bertz CT molecular complexity index is 392. The summed E-state index contributed by atoms with van der Waals surface area (Å²) in [6.45, 7) is 4.76. The van der Waals surface area contributed by atoms with Crippen molar-refractivity contribution in [2.45, 2.75) is 26.7 Å². The maximum absolute atomic E-state index is 10.4. The number of allylic oxidation sites excluding steroid dienone is 2. The van der Waals surface area contributed by atoms with E-state index in [1.165, 1.54) is 17.7 Å². The van der Waals surface area contributed by atoms with Crippen molar-refractivity contribution in [3.05, 3.63) is 46.0 Å². The fourth-order valence-electron chi connectivity index (χ4n) is 1.33. The largest absolute Gasteiger partial charge is 0.494 e. The van der Waals surface area contributed by atoms with Gasteiger partial charge in [-0.05, 0) is 38.8 Å². The van der Waals surface area contributed by atoms with Crippen LogP contribution in [0.2, 0.25) is 0 Å². The molecule has 0 heterocycles. The quantitative estimate of drug-likeness (QED) is 0.327. The molecular weight excluding hydrogens is 218 g/mol. The fraction of sp³-hybridized carbons (Fsp3) is 0.385. The molecule has 1 rings (SSSR count). The van der Waals surface area contributed by atoms with E-state index >= 15 is 0 Å². The number of benzene rings is 1. The maximum atomic E-state index is 10.4. The highest BCUT2D eigenvalue weighted by molar-refractivity contribution is 5.35. The molecule has 0 fully saturated rings. The van der Waals surface area contributed by atoms with E-state index in [1.54, 1.807) is 12.1 Å². The van der Waals surface area contributed by atoms with Crippen molar-refractivity contribution in [1.29, 1.82) is 0 Å². The Labute approximate surface area is 101 Å². The van der Waals surface area contributed by atoms with Gasteiger partial charge in [-0.25, -0.2) is 0 Å². The lowest BCUT2D eigenvalue weighted by molar-refractivity contribution is -0.384. The van der Waals surface area contributed by atoms with Gasteiger partial charge in [0.1, 0.15) is 5.75 Å². The molecule has 0 radical (unpaired) electrons. The molecule has 0 spiro atoms. The van der Waals surface area contributed by atoms with Gasteiger partial charge in [0, 0.05) is 12.1 Å². The van der Waals surface area contributed by atoms with Crippen molar-refractivity contribution in [2.24, 2.45) is 0 Å². The van der Waals surface area contributed by atoms with Crippen LogP contribution in [0.5, 0.6) is 5.75 Å². The van der Waals surface area contributed by atoms with Crippen molar-refractivity contribution >= 4 is 5.69 Å². The lowest BCUT2D eigenvalue weighted by Gasteiger charge is -2.04. The standard InChI is InChI=1S/C13H17NO3/c1-11(2)5-3-4-10-17-13-8-6-12(7-9-13)14(15)16/h5-9H,3-4,10H2,1-2H3. The van der Waals surface area contributed by atoms with Crippen LogP contribution in [0.25, 0.3) is 0 Å². The molecule has 17 heavy (non-hydrogen) atoms. The number of hydrogen-bond donors (Lipinski definition) is 0. The molecule has 0 aliphatic heterocycles. The second-order valence-electron chi connectivity index (χ2n) is 4.02. The van der Waals surface area contributed by atoms with E-state index in [-0.39, 0.29) is 5.69 Å². The first-order valence-electron chi connectivity index (χ1n) is 5.60. The van der Waals surface area contributed by atoms with Crippen LogP contribution in [-0.2, 0) is 0 Å². The number of unbranched alkanes of at least 4 members (excludes halogenated alkanes) is 1. The molecule has 0 atom stereocenters. The monoisotopic (exact) mass is 235 g/mol. The Morgan fingerprint density at radius 2 is 2.00 bits per heavy atom. The molecule has 4 heteroatoms. The van der Waals surface area contributed by atoms with E-state index in [0.717, 1.165) is 12.8 Å². The van der Waals surface area contributed by atoms with Gasteiger partial charge in [0.15, 0.2) is 0 Å². The van der Waals surface area contributed by atoms with E-state index in [2.05, 4.69) is 19.9 Å². The van der Waals surface area contributed by atoms with Crippen molar-refractivity contribution in [3.63, 3.8) is 0 Å². The highest BCUT2D eigenvalue weighted by Crippen LogP contribution is 2.17. The zero-order chi connectivity index (χ0) is 12.7. The summed E-state index contributed by atoms with van der Waals surface area (Å²) in [5.74, 6) is 0.674. The number of non-ortho nitro benzene ring substituents is 1. The van der Waals surface area contributed by atoms with Crippen LogP contribution in [0.1, 0.15) is 26.7 Å². The minimum atomic E-state index is -0.418. The molecule has 0 aliphatic rings. The molecule has 0 saturated heterocycles. The first-order chi connectivity index (χ1) is 8.09. The SMILES string of the molecule is CC(C)=CCCCOc1ccc([N+](=O)[O-])cc1. The second kappa shape index (κ2) is 6.68. The number of nitro benzene ring substituents is 1. The van der Waals surface area contributed by atoms with Crippen LogP contribution >= 0.6 is 0 Å². The Morgan fingerprint density at radius 1 is 1.35 bits per heavy atom. The lowest BCUT2D eigenvalue weighted by Crippen LogP contribution is -1.96. The Hall–Kier alpha value is -1.84. The van der Waals surface area contributed by atoms with Gasteiger partial charge < -0.3 is 4.74 Å². The second-order valence-corrected chi connectivity index (χ2v) is 4.02. The van der Waals surface area contributed by atoms with Crippen molar-refractivity contribution in [3.8, 4) is 5.75 Å². The van der Waals surface area contributed by atoms with E-state index < -0.39 is 4.92 Å². The summed E-state index contributed by atoms with van der Waals surface area (Å²) >= 11 is 0. The highest BCUT2D eigenvalue weighted by atomic mass is 16.6. The van der Waals surface area contributed by atoms with Crippen LogP contribution in [0.3, 0.4) is 0 Å². The van der Waals surface area contributed by atoms with Crippen molar-refractivity contribution < 1.29 is 9.66 Å². The molecule has 1 aromatic rings. The van der Waals surface area contributed by atoms with Gasteiger partial charge in [-0.3, -0.25) is 10.1 Å². The molecule has 0 N–H and O–H groups in total. The van der Waals surface area contributed by atoms with Gasteiger partial charge in [0.05, 0.1) is 11.5 Å². The number of rotatable bonds is 6. The van der Waals surface area contributed by atoms with Crippen LogP contribution in [0, 0.1) is 10.1 Å². The lowest BCUT2D eigenvalue weighted by atomic mass is 10.2. The third-order valence-electron chi connectivity index (χ3n) is 2.22. The molecular formula is C13H17NO3. The van der Waals surface area contributed by atoms with Crippen LogP contribution < -0.4 is 4.74 Å². The van der Waals surface area contributed by atoms with Gasteiger partial charge in [-0.15, -0.1) is 0 Å². The fourth-order valence-corrected chi connectivity index (χ4v) is 1.33. The molecule has 4 nitrogen and oxygen atoms in total. The minimum absolute atomic E-state index is 0.0851. The number of nitro groups is 1. The van der Waals surface area contributed by atoms with E-state index in [1.807, 2.05) is 0 Å². The number of hydrogen-bond acceptors (Lipinski definition) is 3. The third kappa shape index (κ3) is 5.15. The summed E-state index contributed by atoms with van der Waals surface area (Å²) in [6, 6.07) is 6.15. The highest BCUT2D eigenvalue weighted by Gasteiger charge is 2.03. The van der Waals surface area contributed by atoms with Gasteiger partial charge in [0.25, 0.3) is 5.69 Å². The molecule has 0 bridgehead atoms. The third-order valence-corrected chi connectivity index (χ3v) is 2.22. The predicted molar refractivity (Wildman–Crippen MR) is 67.3 cm³/mol. The molecule has 92 valence electrons. The predicted octanol–water partition coefficient (Wildman–Crippen LogP) is 3.72. The smallest absolute Gasteiger partial charge is 0.269 e. The molecule has 0 unspecified atom stereocenters. The Balaban J connectivity index is 2.32. The van der Waals surface area contributed by atoms with Gasteiger partial charge >= 0.3 is 0 Å². The Morgan fingerprint density at radius 3 is 2.53 bits per heavy atom. The summed E-state index contributed by atoms with van der Waals surface area (Å²) in [6.07, 6.45) is 4.11. The van der Waals surface area contributed by atoms with Crippen LogP contribution in [-0.4, -0.2) is 11.5 Å². The van der Waals surface area contributed by atoms with Crippen molar-refractivity contribution in [1.82, 2.24) is 0 Å². The molecule has 0 aliphatic carbocycles. The molecule has 0 aromatic heterocycles. The summed E-state index contributed by atoms with van der Waals surface area (Å²) in [7, 11) is 0. The molecule has 0 saturated carbocycles. The van der Waals surface area contributed by atoms with Crippen LogP contribution in [0.4, 0.5) is 5.69 Å². The minimum Gasteiger partial charge on any atom is -0.494 e. The first-order valence-corrected chi connectivity index (χ1v) is 5.60. The van der Waals surface area contributed by atoms with Gasteiger partial charge in [-0.1, -0.05) is 11.6 Å². The average Bonchev–Trinajstić information content (AvgIpc) is 2.29. The van der Waals surface area contributed by atoms with Gasteiger partial charge in [-0.2, -0.15) is 0 Å². The summed E-state index contributed by atoms with van der Waals surface area (Å²) in [4.78, 5) is 10.0. The number of nitrogens with zero attached hydrogens (tertiary/aromatic N) is 1. The summed E-state index contributed by atoms with van der Waals surface area (Å²) < 4.78 is 5.47. The molecule has 1 aromatic carbocycles. The zero-order valence-electron chi connectivity index (χ0n) is 10.2. The average molecular weight is 235 g/mol. The summed E-state index contributed by atoms with van der Waals surface area (Å²) in [5.41, 5.74) is 1.39. The maximum Gasteiger partial charge on any atom is 0.269 e. The van der Waals surface area contributed by atoms with Crippen molar-refractivity contribution in [2.75, 3.05) is 6.61 Å². The normalized spacial score (nSPS) is 9.76. The number of ether oxygens (including phenoxy) is 1. The summed E-state index contributed by atoms with van der Waals surface area (Å²) in [5, 5.41) is 10.4. The van der Waals surface area contributed by atoms with Gasteiger partial charge in [0.2, 0.25) is 0 Å². The van der Waals surface area contributed by atoms with E-state index in [9.17, 15) is 10.1 Å².